The van der Waals surface area contributed by atoms with Crippen molar-refractivity contribution in [3.8, 4) is 0 Å². The van der Waals surface area contributed by atoms with Crippen molar-refractivity contribution in [2.75, 3.05) is 6.61 Å². The van der Waals surface area contributed by atoms with Crippen LogP contribution in [-0.4, -0.2) is 17.6 Å². The van der Waals surface area contributed by atoms with Crippen LogP contribution in [0.25, 0.3) is 0 Å². The maximum absolute atomic E-state index is 12.0. The largest absolute Gasteiger partial charge is 0.462 e. The van der Waals surface area contributed by atoms with Gasteiger partial charge in [-0.25, -0.2) is 9.78 Å². The molecule has 0 unspecified atom stereocenters. The summed E-state index contributed by atoms with van der Waals surface area (Å²) in [5, 5.41) is 0.837. The molecule has 0 fully saturated rings. The van der Waals surface area contributed by atoms with Gasteiger partial charge in [-0.2, -0.15) is 0 Å². The smallest absolute Gasteiger partial charge is 0.350 e. The summed E-state index contributed by atoms with van der Waals surface area (Å²) in [5.41, 5.74) is 6.73. The van der Waals surface area contributed by atoms with Crippen LogP contribution in [0.3, 0.4) is 0 Å². The first-order valence-corrected chi connectivity index (χ1v) is 7.68. The molecule has 0 saturated heterocycles. The molecule has 0 spiro atoms. The Bertz CT molecular complexity index is 437. The van der Waals surface area contributed by atoms with Gasteiger partial charge in [-0.3, -0.25) is 0 Å². The molecule has 108 valence electrons. The van der Waals surface area contributed by atoms with Crippen molar-refractivity contribution in [2.45, 2.75) is 58.9 Å². The van der Waals surface area contributed by atoms with Gasteiger partial charge in [0.15, 0.2) is 0 Å². The Labute approximate surface area is 119 Å². The highest BCUT2D eigenvalue weighted by atomic mass is 32.1. The SMILES string of the molecule is CCOC(=O)c1sc(C(N)(CC)CC)nc1C(C)C. The lowest BCUT2D eigenvalue weighted by atomic mass is 9.95. The first kappa shape index (κ1) is 16.1. The van der Waals surface area contributed by atoms with Gasteiger partial charge >= 0.3 is 5.97 Å². The van der Waals surface area contributed by atoms with Gasteiger partial charge in [0.25, 0.3) is 0 Å². The van der Waals surface area contributed by atoms with Crippen LogP contribution in [0.2, 0.25) is 0 Å². The van der Waals surface area contributed by atoms with Crippen molar-refractivity contribution in [3.05, 3.63) is 15.6 Å². The van der Waals surface area contributed by atoms with Crippen LogP contribution in [0.4, 0.5) is 0 Å². The number of esters is 1. The van der Waals surface area contributed by atoms with Crippen molar-refractivity contribution in [1.29, 1.82) is 0 Å². The van der Waals surface area contributed by atoms with E-state index in [1.54, 1.807) is 6.92 Å². The summed E-state index contributed by atoms with van der Waals surface area (Å²) in [5.74, 6) is -0.105. The van der Waals surface area contributed by atoms with Gasteiger partial charge in [0.05, 0.1) is 17.8 Å². The molecule has 0 saturated carbocycles. The zero-order chi connectivity index (χ0) is 14.6. The van der Waals surface area contributed by atoms with E-state index in [9.17, 15) is 4.79 Å². The molecule has 0 aromatic carbocycles. The van der Waals surface area contributed by atoms with Crippen LogP contribution < -0.4 is 5.73 Å². The zero-order valence-electron chi connectivity index (χ0n) is 12.4. The van der Waals surface area contributed by atoms with Crippen LogP contribution in [0.1, 0.15) is 73.8 Å². The Morgan fingerprint density at radius 1 is 1.37 bits per heavy atom. The molecule has 4 nitrogen and oxygen atoms in total. The summed E-state index contributed by atoms with van der Waals surface area (Å²) in [4.78, 5) is 17.2. The summed E-state index contributed by atoms with van der Waals surface area (Å²) in [6.45, 7) is 10.3. The molecule has 1 aromatic rings. The zero-order valence-corrected chi connectivity index (χ0v) is 13.3. The van der Waals surface area contributed by atoms with Crippen LogP contribution in [0.15, 0.2) is 0 Å². The Hall–Kier alpha value is -0.940. The molecular weight excluding hydrogens is 260 g/mol. The van der Waals surface area contributed by atoms with Crippen molar-refractivity contribution in [2.24, 2.45) is 5.73 Å². The lowest BCUT2D eigenvalue weighted by Gasteiger charge is -2.23. The van der Waals surface area contributed by atoms with Crippen LogP contribution >= 0.6 is 11.3 Å². The van der Waals surface area contributed by atoms with E-state index in [1.165, 1.54) is 11.3 Å². The number of carbonyl (C=O) groups excluding carboxylic acids is 1. The van der Waals surface area contributed by atoms with Gasteiger partial charge in [-0.05, 0) is 25.7 Å². The van der Waals surface area contributed by atoms with Gasteiger partial charge in [-0.1, -0.05) is 27.7 Å². The second-order valence-corrected chi connectivity index (χ2v) is 5.97. The first-order valence-electron chi connectivity index (χ1n) is 6.86. The number of nitrogens with two attached hydrogens (primary N) is 1. The van der Waals surface area contributed by atoms with E-state index in [1.807, 2.05) is 27.7 Å². The molecule has 0 aliphatic carbocycles. The fourth-order valence-corrected chi connectivity index (χ4v) is 3.19. The summed E-state index contributed by atoms with van der Waals surface area (Å²) >= 11 is 1.38. The van der Waals surface area contributed by atoms with E-state index in [2.05, 4.69) is 4.98 Å². The summed E-state index contributed by atoms with van der Waals surface area (Å²) < 4.78 is 5.10. The van der Waals surface area contributed by atoms with E-state index in [4.69, 9.17) is 10.5 Å². The van der Waals surface area contributed by atoms with Gasteiger partial charge < -0.3 is 10.5 Å². The topological polar surface area (TPSA) is 65.2 Å². The van der Waals surface area contributed by atoms with Gasteiger partial charge in [-0.15, -0.1) is 11.3 Å². The lowest BCUT2D eigenvalue weighted by Crippen LogP contribution is -2.35. The molecule has 0 aliphatic heterocycles. The lowest BCUT2D eigenvalue weighted by molar-refractivity contribution is 0.0530. The monoisotopic (exact) mass is 284 g/mol. The average Bonchev–Trinajstić information content (AvgIpc) is 2.84. The Morgan fingerprint density at radius 3 is 2.37 bits per heavy atom. The van der Waals surface area contributed by atoms with E-state index in [0.29, 0.717) is 11.5 Å². The number of nitrogens with zero attached hydrogens (tertiary/aromatic N) is 1. The number of carbonyl (C=O) groups is 1. The van der Waals surface area contributed by atoms with Crippen molar-refractivity contribution in [1.82, 2.24) is 4.98 Å². The number of aromatic nitrogens is 1. The third-order valence-electron chi connectivity index (χ3n) is 3.35. The number of hydrogen-bond donors (Lipinski definition) is 1. The molecule has 2 N–H and O–H groups in total. The number of thiazole rings is 1. The standard InChI is InChI=1S/C14H24N2O2S/c1-6-14(15,7-2)13-16-10(9(4)5)11(19-13)12(17)18-8-3/h9H,6-8,15H2,1-5H3. The van der Waals surface area contributed by atoms with Crippen molar-refractivity contribution >= 4 is 17.3 Å². The second-order valence-electron chi connectivity index (χ2n) is 4.97. The molecule has 0 atom stereocenters. The van der Waals surface area contributed by atoms with Gasteiger partial charge in [0, 0.05) is 0 Å². The molecule has 5 heteroatoms. The fraction of sp³-hybridized carbons (Fsp3) is 0.714. The van der Waals surface area contributed by atoms with Gasteiger partial charge in [0.1, 0.15) is 9.88 Å². The van der Waals surface area contributed by atoms with Crippen LogP contribution in [0.5, 0.6) is 0 Å². The summed E-state index contributed by atoms with van der Waals surface area (Å²) in [7, 11) is 0. The molecule has 0 amide bonds. The van der Waals surface area contributed by atoms with Crippen LogP contribution in [-0.2, 0) is 10.3 Å². The molecular formula is C14H24N2O2S. The third kappa shape index (κ3) is 3.34. The summed E-state index contributed by atoms with van der Waals surface area (Å²) in [6, 6.07) is 0. The summed E-state index contributed by atoms with van der Waals surface area (Å²) in [6.07, 6.45) is 1.60. The quantitative estimate of drug-likeness (QED) is 0.813. The predicted octanol–water partition coefficient (Wildman–Crippen LogP) is 3.42. The highest BCUT2D eigenvalue weighted by Gasteiger charge is 2.31. The molecule has 0 bridgehead atoms. The normalized spacial score (nSPS) is 11.9. The highest BCUT2D eigenvalue weighted by molar-refractivity contribution is 7.13. The first-order chi connectivity index (χ1) is 8.89. The minimum atomic E-state index is -0.445. The maximum atomic E-state index is 12.0. The van der Waals surface area contributed by atoms with Crippen molar-refractivity contribution < 1.29 is 9.53 Å². The molecule has 19 heavy (non-hydrogen) atoms. The Kier molecular flexibility index (Phi) is 5.50. The molecule has 1 aromatic heterocycles. The number of ether oxygens (including phenoxy) is 1. The van der Waals surface area contributed by atoms with E-state index >= 15 is 0 Å². The molecule has 1 heterocycles. The Balaban J connectivity index is 3.25. The molecule has 0 aliphatic rings. The minimum Gasteiger partial charge on any atom is -0.462 e. The van der Waals surface area contributed by atoms with Crippen LogP contribution in [0, 0.1) is 0 Å². The van der Waals surface area contributed by atoms with E-state index in [0.717, 1.165) is 23.5 Å². The maximum Gasteiger partial charge on any atom is 0.350 e. The third-order valence-corrected chi connectivity index (χ3v) is 4.62. The highest BCUT2D eigenvalue weighted by Crippen LogP contribution is 2.34. The number of rotatable bonds is 6. The molecule has 1 rings (SSSR count). The van der Waals surface area contributed by atoms with Gasteiger partial charge in [0.2, 0.25) is 0 Å². The Morgan fingerprint density at radius 2 is 1.95 bits per heavy atom. The second kappa shape index (κ2) is 6.48. The molecule has 0 radical (unpaired) electrons. The van der Waals surface area contributed by atoms with E-state index < -0.39 is 5.54 Å². The predicted molar refractivity (Wildman–Crippen MR) is 78.6 cm³/mol. The average molecular weight is 284 g/mol. The fourth-order valence-electron chi connectivity index (χ4n) is 1.83. The number of hydrogen-bond acceptors (Lipinski definition) is 5. The van der Waals surface area contributed by atoms with Crippen molar-refractivity contribution in [3.63, 3.8) is 0 Å². The minimum absolute atomic E-state index is 0.183. The van der Waals surface area contributed by atoms with E-state index in [-0.39, 0.29) is 11.9 Å².